The highest BCUT2D eigenvalue weighted by Crippen LogP contribution is 2.17. The Morgan fingerprint density at radius 3 is 3.27 bits per heavy atom. The lowest BCUT2D eigenvalue weighted by Gasteiger charge is -2.22. The fraction of sp³-hybridized carbons (Fsp3) is 0.700. The van der Waals surface area contributed by atoms with Crippen LogP contribution >= 0.6 is 22.9 Å². The highest BCUT2D eigenvalue weighted by Gasteiger charge is 2.12. The van der Waals surface area contributed by atoms with Crippen molar-refractivity contribution in [2.45, 2.75) is 19.4 Å². The van der Waals surface area contributed by atoms with Crippen LogP contribution in [0, 0.1) is 5.92 Å². The van der Waals surface area contributed by atoms with Crippen LogP contribution < -0.4 is 10.6 Å². The van der Waals surface area contributed by atoms with Gasteiger partial charge in [-0.15, -0.1) is 11.3 Å². The summed E-state index contributed by atoms with van der Waals surface area (Å²) < 4.78 is 0.631. The van der Waals surface area contributed by atoms with Crippen molar-refractivity contribution in [1.82, 2.24) is 15.6 Å². The molecule has 0 amide bonds. The van der Waals surface area contributed by atoms with E-state index in [4.69, 9.17) is 11.6 Å². The Hall–Kier alpha value is -0.160. The molecule has 5 heteroatoms. The topological polar surface area (TPSA) is 37.0 Å². The fourth-order valence-electron chi connectivity index (χ4n) is 1.86. The molecule has 1 atom stereocenters. The number of hydrogen-bond acceptors (Lipinski definition) is 4. The van der Waals surface area contributed by atoms with Crippen LogP contribution in [0.5, 0.6) is 0 Å². The van der Waals surface area contributed by atoms with E-state index >= 15 is 0 Å². The molecule has 1 aromatic rings. The molecule has 0 unspecified atom stereocenters. The molecule has 2 rings (SSSR count). The first-order valence-corrected chi connectivity index (χ1v) is 6.55. The van der Waals surface area contributed by atoms with Crippen molar-refractivity contribution < 1.29 is 0 Å². The van der Waals surface area contributed by atoms with Crippen molar-refractivity contribution in [3.63, 3.8) is 0 Å². The first kappa shape index (κ1) is 11.3. The van der Waals surface area contributed by atoms with Gasteiger partial charge in [0.05, 0.1) is 0 Å². The summed E-state index contributed by atoms with van der Waals surface area (Å²) in [7, 11) is 0. The smallest absolute Gasteiger partial charge is 0.183 e. The van der Waals surface area contributed by atoms with Gasteiger partial charge in [0.1, 0.15) is 0 Å². The molecule has 0 radical (unpaired) electrons. The summed E-state index contributed by atoms with van der Waals surface area (Å²) in [5.74, 6) is 0.780. The number of aromatic nitrogens is 1. The number of thiazole rings is 1. The second-order valence-corrected chi connectivity index (χ2v) is 5.62. The summed E-state index contributed by atoms with van der Waals surface area (Å²) in [6.07, 6.45) is 4.49. The average Bonchev–Trinajstić information content (AvgIpc) is 2.66. The molecule has 1 aliphatic heterocycles. The fourth-order valence-corrected chi connectivity index (χ4v) is 2.81. The van der Waals surface area contributed by atoms with E-state index in [1.54, 1.807) is 11.3 Å². The van der Waals surface area contributed by atoms with E-state index in [2.05, 4.69) is 15.6 Å². The molecule has 0 spiro atoms. The van der Waals surface area contributed by atoms with Crippen molar-refractivity contribution >= 4 is 22.9 Å². The van der Waals surface area contributed by atoms with Crippen LogP contribution in [0.4, 0.5) is 0 Å². The first-order chi connectivity index (χ1) is 7.34. The van der Waals surface area contributed by atoms with Gasteiger partial charge in [0.2, 0.25) is 0 Å². The summed E-state index contributed by atoms with van der Waals surface area (Å²) >= 11 is 7.31. The molecule has 0 bridgehead atoms. The molecule has 1 aromatic heterocycles. The zero-order valence-electron chi connectivity index (χ0n) is 8.63. The number of rotatable bonds is 4. The van der Waals surface area contributed by atoms with Crippen LogP contribution in [0.25, 0.3) is 0 Å². The molecule has 3 nitrogen and oxygen atoms in total. The quantitative estimate of drug-likeness (QED) is 0.851. The second kappa shape index (κ2) is 5.80. The lowest BCUT2D eigenvalue weighted by atomic mass is 10.00. The summed E-state index contributed by atoms with van der Waals surface area (Å²) in [5, 5.41) is 6.87. The molecule has 0 aromatic carbocycles. The van der Waals surface area contributed by atoms with E-state index < -0.39 is 0 Å². The lowest BCUT2D eigenvalue weighted by Crippen LogP contribution is -2.35. The van der Waals surface area contributed by atoms with Crippen molar-refractivity contribution in [3.05, 3.63) is 15.5 Å². The van der Waals surface area contributed by atoms with E-state index in [0.717, 1.165) is 25.6 Å². The maximum Gasteiger partial charge on any atom is 0.183 e. The van der Waals surface area contributed by atoms with Crippen molar-refractivity contribution in [2.75, 3.05) is 19.6 Å². The van der Waals surface area contributed by atoms with Gasteiger partial charge in [0.25, 0.3) is 0 Å². The second-order valence-electron chi connectivity index (χ2n) is 3.92. The number of halogens is 1. The van der Waals surface area contributed by atoms with Crippen molar-refractivity contribution in [2.24, 2.45) is 5.92 Å². The highest BCUT2D eigenvalue weighted by molar-refractivity contribution is 7.15. The van der Waals surface area contributed by atoms with Crippen LogP contribution in [0.2, 0.25) is 4.47 Å². The van der Waals surface area contributed by atoms with Gasteiger partial charge in [0.15, 0.2) is 4.47 Å². The molecule has 2 heterocycles. The number of hydrogen-bond donors (Lipinski definition) is 2. The monoisotopic (exact) mass is 245 g/mol. The Labute approximate surface area is 99.2 Å². The van der Waals surface area contributed by atoms with E-state index in [-0.39, 0.29) is 0 Å². The van der Waals surface area contributed by atoms with Crippen LogP contribution in [0.1, 0.15) is 17.7 Å². The summed E-state index contributed by atoms with van der Waals surface area (Å²) in [5.41, 5.74) is 0. The molecule has 2 N–H and O–H groups in total. The Morgan fingerprint density at radius 1 is 1.67 bits per heavy atom. The predicted molar refractivity (Wildman–Crippen MR) is 64.4 cm³/mol. The van der Waals surface area contributed by atoms with E-state index in [1.165, 1.54) is 24.3 Å². The molecular weight excluding hydrogens is 230 g/mol. The minimum Gasteiger partial charge on any atom is -0.316 e. The predicted octanol–water partition coefficient (Wildman–Crippen LogP) is 1.89. The third-order valence-corrected chi connectivity index (χ3v) is 3.77. The van der Waals surface area contributed by atoms with Crippen LogP contribution in [0.15, 0.2) is 6.20 Å². The third kappa shape index (κ3) is 3.72. The molecule has 0 aliphatic carbocycles. The average molecular weight is 246 g/mol. The van der Waals surface area contributed by atoms with Gasteiger partial charge in [-0.1, -0.05) is 11.6 Å². The van der Waals surface area contributed by atoms with Crippen LogP contribution in [-0.4, -0.2) is 24.6 Å². The van der Waals surface area contributed by atoms with Crippen LogP contribution in [0.3, 0.4) is 0 Å². The minimum atomic E-state index is 0.631. The molecular formula is C10H16ClN3S. The molecule has 0 saturated carbocycles. The van der Waals surface area contributed by atoms with E-state index in [0.29, 0.717) is 4.47 Å². The molecule has 1 aliphatic rings. The third-order valence-electron chi connectivity index (χ3n) is 2.66. The van der Waals surface area contributed by atoms with E-state index in [9.17, 15) is 0 Å². The Balaban J connectivity index is 1.65. The Morgan fingerprint density at radius 2 is 2.60 bits per heavy atom. The summed E-state index contributed by atoms with van der Waals surface area (Å²) in [6, 6.07) is 0. The molecule has 15 heavy (non-hydrogen) atoms. The summed E-state index contributed by atoms with van der Waals surface area (Å²) in [6.45, 7) is 4.31. The largest absolute Gasteiger partial charge is 0.316 e. The Bertz CT molecular complexity index is 297. The standard InChI is InChI=1S/C10H16ClN3S/c11-10-14-7-9(15-10)6-13-5-8-2-1-3-12-4-8/h7-8,12-13H,1-6H2/t8-/m0/s1. The number of piperidine rings is 1. The van der Waals surface area contributed by atoms with Crippen LogP contribution in [-0.2, 0) is 6.54 Å². The van der Waals surface area contributed by atoms with Crippen molar-refractivity contribution in [1.29, 1.82) is 0 Å². The maximum absolute atomic E-state index is 5.76. The normalized spacial score (nSPS) is 21.8. The number of nitrogens with one attached hydrogen (secondary N) is 2. The number of nitrogens with zero attached hydrogens (tertiary/aromatic N) is 1. The van der Waals surface area contributed by atoms with E-state index in [1.807, 2.05) is 6.20 Å². The zero-order valence-corrected chi connectivity index (χ0v) is 10.2. The van der Waals surface area contributed by atoms with Gasteiger partial charge in [-0.2, -0.15) is 0 Å². The van der Waals surface area contributed by atoms with Gasteiger partial charge in [-0.05, 0) is 38.4 Å². The summed E-state index contributed by atoms with van der Waals surface area (Å²) in [4.78, 5) is 5.23. The molecule has 84 valence electrons. The van der Waals surface area contributed by atoms with Gasteiger partial charge < -0.3 is 10.6 Å². The van der Waals surface area contributed by atoms with Gasteiger partial charge in [-0.3, -0.25) is 0 Å². The molecule has 1 fully saturated rings. The lowest BCUT2D eigenvalue weighted by molar-refractivity contribution is 0.360. The Kier molecular flexibility index (Phi) is 4.38. The molecule has 1 saturated heterocycles. The first-order valence-electron chi connectivity index (χ1n) is 5.36. The van der Waals surface area contributed by atoms with Crippen molar-refractivity contribution in [3.8, 4) is 0 Å². The van der Waals surface area contributed by atoms with Gasteiger partial charge >= 0.3 is 0 Å². The zero-order chi connectivity index (χ0) is 10.5. The maximum atomic E-state index is 5.76. The van der Waals surface area contributed by atoms with Gasteiger partial charge in [0, 0.05) is 17.6 Å². The minimum absolute atomic E-state index is 0.631. The SMILES string of the molecule is Clc1ncc(CNC[C@H]2CCCNC2)s1. The van der Waals surface area contributed by atoms with Gasteiger partial charge in [-0.25, -0.2) is 4.98 Å². The highest BCUT2D eigenvalue weighted by atomic mass is 35.5.